The lowest BCUT2D eigenvalue weighted by atomic mass is 9.99. The molecule has 4 aromatic carbocycles. The summed E-state index contributed by atoms with van der Waals surface area (Å²) in [6.45, 7) is 3.86. The van der Waals surface area contributed by atoms with Crippen molar-refractivity contribution < 1.29 is 28.6 Å². The Morgan fingerprint density at radius 2 is 1.71 bits per heavy atom. The SMILES string of the molecule is C[C@H]1CN([C@@H](C)CO)C(=O)c2cc(NC(=O)Nc3cccc4ccccc34)ccc2O[C@@H]1CN(C)C(=O)Nc1ccc(F)cc1. The number of aliphatic hydroxyl groups is 1. The Labute approximate surface area is 260 Å². The highest BCUT2D eigenvalue weighted by Gasteiger charge is 2.34. The molecule has 11 heteroatoms. The highest BCUT2D eigenvalue weighted by molar-refractivity contribution is 6.07. The second-order valence-electron chi connectivity index (χ2n) is 11.3. The van der Waals surface area contributed by atoms with Crippen molar-refractivity contribution in [3.63, 3.8) is 0 Å². The summed E-state index contributed by atoms with van der Waals surface area (Å²) in [5, 5.41) is 20.3. The predicted molar refractivity (Wildman–Crippen MR) is 172 cm³/mol. The Bertz CT molecular complexity index is 1690. The fourth-order valence-corrected chi connectivity index (χ4v) is 5.24. The quantitative estimate of drug-likeness (QED) is 0.203. The summed E-state index contributed by atoms with van der Waals surface area (Å²) in [6, 6.07) is 22.2. The van der Waals surface area contributed by atoms with E-state index >= 15 is 0 Å². The van der Waals surface area contributed by atoms with Crippen LogP contribution in [0, 0.1) is 11.7 Å². The van der Waals surface area contributed by atoms with Crippen molar-refractivity contribution >= 4 is 45.8 Å². The number of benzene rings is 4. The molecule has 10 nitrogen and oxygen atoms in total. The molecule has 1 heterocycles. The molecule has 0 saturated heterocycles. The van der Waals surface area contributed by atoms with E-state index in [0.717, 1.165) is 10.8 Å². The number of nitrogens with zero attached hydrogens (tertiary/aromatic N) is 2. The first-order valence-corrected chi connectivity index (χ1v) is 14.7. The molecule has 0 spiro atoms. The van der Waals surface area contributed by atoms with Crippen molar-refractivity contribution in [1.29, 1.82) is 0 Å². The summed E-state index contributed by atoms with van der Waals surface area (Å²) in [5.74, 6) is -0.686. The normalized spacial score (nSPS) is 16.9. The summed E-state index contributed by atoms with van der Waals surface area (Å²) >= 11 is 0. The lowest BCUT2D eigenvalue weighted by Crippen LogP contribution is -2.50. The fourth-order valence-electron chi connectivity index (χ4n) is 5.24. The van der Waals surface area contributed by atoms with Crippen LogP contribution in [0.1, 0.15) is 24.2 Å². The van der Waals surface area contributed by atoms with Crippen LogP contribution in [-0.4, -0.2) is 71.8 Å². The van der Waals surface area contributed by atoms with Crippen LogP contribution in [-0.2, 0) is 0 Å². The summed E-state index contributed by atoms with van der Waals surface area (Å²) in [5.41, 5.74) is 1.68. The first-order chi connectivity index (χ1) is 21.6. The molecule has 5 rings (SSSR count). The van der Waals surface area contributed by atoms with E-state index in [2.05, 4.69) is 16.0 Å². The van der Waals surface area contributed by atoms with Gasteiger partial charge >= 0.3 is 12.1 Å². The van der Waals surface area contributed by atoms with Gasteiger partial charge in [-0.1, -0.05) is 43.3 Å². The maximum atomic E-state index is 13.8. The second-order valence-corrected chi connectivity index (χ2v) is 11.3. The van der Waals surface area contributed by atoms with Crippen molar-refractivity contribution in [3.05, 3.63) is 96.3 Å². The topological polar surface area (TPSA) is 123 Å². The summed E-state index contributed by atoms with van der Waals surface area (Å²) in [4.78, 5) is 42.7. The molecule has 0 bridgehead atoms. The van der Waals surface area contributed by atoms with Gasteiger partial charge in [-0.2, -0.15) is 0 Å². The number of rotatable bonds is 7. The third-order valence-electron chi connectivity index (χ3n) is 7.86. The molecule has 0 aliphatic carbocycles. The fraction of sp³-hybridized carbons (Fsp3) is 0.265. The molecule has 5 amide bonds. The van der Waals surface area contributed by atoms with Crippen LogP contribution in [0.25, 0.3) is 10.8 Å². The summed E-state index contributed by atoms with van der Waals surface area (Å²) in [7, 11) is 1.62. The molecule has 0 unspecified atom stereocenters. The monoisotopic (exact) mass is 613 g/mol. The number of likely N-dealkylation sites (N-methyl/N-ethyl adjacent to an activating group) is 1. The van der Waals surface area contributed by atoms with Gasteiger partial charge in [0, 0.05) is 36.3 Å². The Morgan fingerprint density at radius 1 is 1.00 bits per heavy atom. The third-order valence-corrected chi connectivity index (χ3v) is 7.86. The molecule has 0 fully saturated rings. The minimum Gasteiger partial charge on any atom is -0.487 e. The molecule has 1 aliphatic rings. The number of carbonyl (C=O) groups excluding carboxylic acids is 3. The Kier molecular flexibility index (Phi) is 9.48. The van der Waals surface area contributed by atoms with Crippen LogP contribution < -0.4 is 20.7 Å². The van der Waals surface area contributed by atoms with Gasteiger partial charge in [-0.25, -0.2) is 14.0 Å². The Balaban J connectivity index is 1.36. The number of urea groups is 2. The minimum absolute atomic E-state index is 0.177. The van der Waals surface area contributed by atoms with Gasteiger partial charge in [0.25, 0.3) is 5.91 Å². The molecule has 45 heavy (non-hydrogen) atoms. The molecule has 4 N–H and O–H groups in total. The zero-order valence-corrected chi connectivity index (χ0v) is 25.3. The third kappa shape index (κ3) is 7.32. The maximum Gasteiger partial charge on any atom is 0.323 e. The number of amides is 5. The van der Waals surface area contributed by atoms with E-state index in [1.807, 2.05) is 49.4 Å². The van der Waals surface area contributed by atoms with E-state index in [1.165, 1.54) is 29.2 Å². The van der Waals surface area contributed by atoms with Gasteiger partial charge in [0.15, 0.2) is 0 Å². The molecule has 3 atom stereocenters. The average molecular weight is 614 g/mol. The van der Waals surface area contributed by atoms with Gasteiger partial charge in [-0.05, 0) is 60.8 Å². The van der Waals surface area contributed by atoms with Gasteiger partial charge in [0.1, 0.15) is 17.7 Å². The van der Waals surface area contributed by atoms with Crippen molar-refractivity contribution in [2.24, 2.45) is 5.92 Å². The number of hydrogen-bond donors (Lipinski definition) is 4. The number of fused-ring (bicyclic) bond motifs is 2. The zero-order valence-electron chi connectivity index (χ0n) is 25.3. The van der Waals surface area contributed by atoms with E-state index in [1.54, 1.807) is 37.1 Å². The highest BCUT2D eigenvalue weighted by atomic mass is 19.1. The van der Waals surface area contributed by atoms with E-state index in [4.69, 9.17) is 4.74 Å². The van der Waals surface area contributed by atoms with Gasteiger partial charge in [-0.15, -0.1) is 0 Å². The van der Waals surface area contributed by atoms with E-state index in [9.17, 15) is 23.9 Å². The van der Waals surface area contributed by atoms with Gasteiger partial charge in [0.2, 0.25) is 0 Å². The minimum atomic E-state index is -0.525. The summed E-state index contributed by atoms with van der Waals surface area (Å²) < 4.78 is 19.7. The Hall–Kier alpha value is -5.16. The average Bonchev–Trinajstić information content (AvgIpc) is 3.03. The summed E-state index contributed by atoms with van der Waals surface area (Å²) in [6.07, 6.45) is -0.525. The highest BCUT2D eigenvalue weighted by Crippen LogP contribution is 2.31. The largest absolute Gasteiger partial charge is 0.487 e. The van der Waals surface area contributed by atoms with Crippen LogP contribution in [0.5, 0.6) is 5.75 Å². The van der Waals surface area contributed by atoms with Crippen molar-refractivity contribution in [2.45, 2.75) is 26.0 Å². The maximum absolute atomic E-state index is 13.8. The molecule has 4 aromatic rings. The number of ether oxygens (including phenoxy) is 1. The molecule has 1 aliphatic heterocycles. The second kappa shape index (κ2) is 13.6. The zero-order chi connectivity index (χ0) is 32.1. The molecule has 0 saturated carbocycles. The first-order valence-electron chi connectivity index (χ1n) is 14.7. The van der Waals surface area contributed by atoms with E-state index < -0.39 is 30.0 Å². The standard InChI is InChI=1S/C34H36FN5O5/c1-21-18-40(22(2)20-41)32(42)28-17-26(36-33(43)38-29-10-6-8-23-7-4-5-9-27(23)29)15-16-30(28)45-31(21)19-39(3)34(44)37-25-13-11-24(35)12-14-25/h4-17,21-22,31,41H,18-20H2,1-3H3,(H,37,44)(H2,36,38,43)/t21-,22-,31+/m0/s1. The molecule has 0 radical (unpaired) electrons. The van der Waals surface area contributed by atoms with Gasteiger partial charge < -0.3 is 35.6 Å². The van der Waals surface area contributed by atoms with Crippen LogP contribution in [0.3, 0.4) is 0 Å². The Morgan fingerprint density at radius 3 is 2.47 bits per heavy atom. The molecule has 234 valence electrons. The first kappa shape index (κ1) is 31.3. The van der Waals surface area contributed by atoms with E-state index in [-0.39, 0.29) is 37.1 Å². The molecular weight excluding hydrogens is 577 g/mol. The van der Waals surface area contributed by atoms with Crippen molar-refractivity contribution in [3.8, 4) is 5.75 Å². The number of aliphatic hydroxyl groups excluding tert-OH is 1. The van der Waals surface area contributed by atoms with Crippen LogP contribution in [0.2, 0.25) is 0 Å². The number of anilines is 3. The predicted octanol–water partition coefficient (Wildman–Crippen LogP) is 6.01. The molecule has 0 aromatic heterocycles. The number of halogens is 1. The lowest BCUT2D eigenvalue weighted by molar-refractivity contribution is 0.0371. The smallest absolute Gasteiger partial charge is 0.323 e. The van der Waals surface area contributed by atoms with Gasteiger partial charge in [-0.3, -0.25) is 4.79 Å². The number of nitrogens with one attached hydrogen (secondary N) is 3. The molecular formula is C34H36FN5O5. The van der Waals surface area contributed by atoms with Crippen LogP contribution >= 0.6 is 0 Å². The van der Waals surface area contributed by atoms with Crippen LogP contribution in [0.4, 0.5) is 31.0 Å². The van der Waals surface area contributed by atoms with E-state index in [0.29, 0.717) is 22.8 Å². The van der Waals surface area contributed by atoms with Crippen molar-refractivity contribution in [1.82, 2.24) is 9.80 Å². The van der Waals surface area contributed by atoms with Crippen LogP contribution in [0.15, 0.2) is 84.9 Å². The van der Waals surface area contributed by atoms with Gasteiger partial charge in [0.05, 0.1) is 30.4 Å². The number of carbonyl (C=O) groups is 3. The van der Waals surface area contributed by atoms with Crippen molar-refractivity contribution in [2.75, 3.05) is 42.7 Å². The lowest BCUT2D eigenvalue weighted by Gasteiger charge is -2.38. The number of hydrogen-bond acceptors (Lipinski definition) is 5.